The molecule has 0 radical (unpaired) electrons. The SMILES string of the molecule is c1ccc(-c2cc(-c3ccccc3)cc(-c3nc(-c4ccccc4)nc(-c4cccc5c4-c4cccnc4C54C5CC6CC(C5)CC4C6)n3)c2)cc1. The molecule has 52 heavy (non-hydrogen) atoms. The minimum absolute atomic E-state index is 0.0257. The van der Waals surface area contributed by atoms with Crippen LogP contribution in [0.15, 0.2) is 146 Å². The van der Waals surface area contributed by atoms with Crippen molar-refractivity contribution in [3.63, 3.8) is 0 Å². The van der Waals surface area contributed by atoms with E-state index in [1.807, 2.05) is 12.3 Å². The van der Waals surface area contributed by atoms with Crippen molar-refractivity contribution in [1.82, 2.24) is 19.9 Å². The molecule has 4 nitrogen and oxygen atoms in total. The average Bonchev–Trinajstić information content (AvgIpc) is 3.51. The molecule has 0 aliphatic heterocycles. The van der Waals surface area contributed by atoms with Crippen LogP contribution in [0.2, 0.25) is 0 Å². The molecule has 0 unspecified atom stereocenters. The zero-order valence-electron chi connectivity index (χ0n) is 29.0. The van der Waals surface area contributed by atoms with Crippen LogP contribution in [0.1, 0.15) is 43.4 Å². The van der Waals surface area contributed by atoms with E-state index in [9.17, 15) is 0 Å². The van der Waals surface area contributed by atoms with E-state index >= 15 is 0 Å². The molecule has 2 heterocycles. The molecule has 1 spiro atoms. The molecule has 250 valence electrons. The molecular formula is C48H38N4. The van der Waals surface area contributed by atoms with Gasteiger partial charge in [0.2, 0.25) is 0 Å². The first-order valence-electron chi connectivity index (χ1n) is 18.9. The Morgan fingerprint density at radius 3 is 1.56 bits per heavy atom. The minimum Gasteiger partial charge on any atom is -0.260 e. The second-order valence-electron chi connectivity index (χ2n) is 15.5. The van der Waals surface area contributed by atoms with E-state index in [0.29, 0.717) is 29.3 Å². The van der Waals surface area contributed by atoms with Gasteiger partial charge in [-0.15, -0.1) is 0 Å². The number of benzene rings is 5. The summed E-state index contributed by atoms with van der Waals surface area (Å²) in [5, 5.41) is 0. The van der Waals surface area contributed by atoms with Crippen molar-refractivity contribution in [3.05, 3.63) is 157 Å². The van der Waals surface area contributed by atoms with Gasteiger partial charge in [0.25, 0.3) is 0 Å². The molecule has 2 aromatic heterocycles. The highest BCUT2D eigenvalue weighted by Gasteiger charge is 2.62. The summed E-state index contributed by atoms with van der Waals surface area (Å²) in [6.07, 6.45) is 8.74. The monoisotopic (exact) mass is 670 g/mol. The van der Waals surface area contributed by atoms with Crippen molar-refractivity contribution < 1.29 is 0 Å². The first kappa shape index (κ1) is 29.9. The summed E-state index contributed by atoms with van der Waals surface area (Å²) in [6, 6.07) is 49.6. The van der Waals surface area contributed by atoms with E-state index in [0.717, 1.165) is 50.8 Å². The molecule has 12 rings (SSSR count). The van der Waals surface area contributed by atoms with Crippen molar-refractivity contribution in [2.45, 2.75) is 37.5 Å². The smallest absolute Gasteiger partial charge is 0.164 e. The third kappa shape index (κ3) is 4.53. The van der Waals surface area contributed by atoms with E-state index in [-0.39, 0.29) is 5.41 Å². The Morgan fingerprint density at radius 2 is 0.942 bits per heavy atom. The lowest BCUT2D eigenvalue weighted by atomic mass is 9.43. The van der Waals surface area contributed by atoms with E-state index in [2.05, 4.69) is 133 Å². The number of hydrogen-bond donors (Lipinski definition) is 0. The topological polar surface area (TPSA) is 51.6 Å². The Labute approximate surface area is 304 Å². The van der Waals surface area contributed by atoms with Crippen LogP contribution >= 0.6 is 0 Å². The Hall–Kier alpha value is -5.74. The van der Waals surface area contributed by atoms with Crippen LogP contribution < -0.4 is 0 Å². The van der Waals surface area contributed by atoms with Crippen LogP contribution in [0.4, 0.5) is 0 Å². The van der Waals surface area contributed by atoms with Gasteiger partial charge in [0.1, 0.15) is 0 Å². The van der Waals surface area contributed by atoms with Gasteiger partial charge in [-0.1, -0.05) is 115 Å². The Balaban J connectivity index is 1.14. The van der Waals surface area contributed by atoms with Gasteiger partial charge < -0.3 is 0 Å². The normalized spacial score (nSPS) is 23.5. The highest BCUT2D eigenvalue weighted by atomic mass is 15.0. The van der Waals surface area contributed by atoms with E-state index in [4.69, 9.17) is 19.9 Å². The molecule has 5 aliphatic carbocycles. The van der Waals surface area contributed by atoms with Crippen molar-refractivity contribution >= 4 is 0 Å². The lowest BCUT2D eigenvalue weighted by Crippen LogP contribution is -2.55. The first-order chi connectivity index (χ1) is 25.7. The molecule has 7 aromatic rings. The summed E-state index contributed by atoms with van der Waals surface area (Å²) >= 11 is 0. The van der Waals surface area contributed by atoms with Gasteiger partial charge in [-0.3, -0.25) is 4.98 Å². The largest absolute Gasteiger partial charge is 0.260 e. The van der Waals surface area contributed by atoms with Crippen LogP contribution in [-0.4, -0.2) is 19.9 Å². The molecule has 0 amide bonds. The van der Waals surface area contributed by atoms with Crippen molar-refractivity contribution in [3.8, 4) is 67.5 Å². The quantitative estimate of drug-likeness (QED) is 0.183. The highest BCUT2D eigenvalue weighted by Crippen LogP contribution is 2.69. The number of nitrogens with zero attached hydrogens (tertiary/aromatic N) is 4. The summed E-state index contributed by atoms with van der Waals surface area (Å²) < 4.78 is 0. The van der Waals surface area contributed by atoms with Crippen LogP contribution in [0.25, 0.3) is 67.5 Å². The number of pyridine rings is 1. The van der Waals surface area contributed by atoms with Gasteiger partial charge in [-0.25, -0.2) is 15.0 Å². The van der Waals surface area contributed by atoms with Crippen molar-refractivity contribution in [2.24, 2.45) is 23.7 Å². The van der Waals surface area contributed by atoms with E-state index in [1.165, 1.54) is 54.5 Å². The predicted molar refractivity (Wildman–Crippen MR) is 208 cm³/mol. The van der Waals surface area contributed by atoms with Crippen LogP contribution in [-0.2, 0) is 5.41 Å². The lowest BCUT2D eigenvalue weighted by Gasteiger charge is -2.60. The molecule has 0 atom stereocenters. The third-order valence-electron chi connectivity index (χ3n) is 12.7. The summed E-state index contributed by atoms with van der Waals surface area (Å²) in [7, 11) is 0. The average molecular weight is 671 g/mol. The third-order valence-corrected chi connectivity index (χ3v) is 12.7. The summed E-state index contributed by atoms with van der Waals surface area (Å²) in [5.41, 5.74) is 12.8. The lowest BCUT2D eigenvalue weighted by molar-refractivity contribution is -0.0415. The number of hydrogen-bond acceptors (Lipinski definition) is 4. The maximum absolute atomic E-state index is 5.40. The molecule has 0 N–H and O–H groups in total. The standard InChI is InChI=1S/C48H38N4/c1-4-12-32(13-5-1)35-27-36(33-14-6-2-7-15-33)29-37(28-35)46-50-45(34-16-8-3-9-17-34)51-47(52-46)41-18-10-20-42-43(41)40-19-11-21-49-44(40)48(42)38-23-30-22-31(25-38)26-39(48)24-30/h1-21,27-31,38-39H,22-26H2. The molecule has 4 fully saturated rings. The molecule has 5 aliphatic rings. The summed E-state index contributed by atoms with van der Waals surface area (Å²) in [4.78, 5) is 21.2. The zero-order valence-corrected chi connectivity index (χ0v) is 29.0. The fraction of sp³-hybridized carbons (Fsp3) is 0.208. The zero-order chi connectivity index (χ0) is 34.2. The van der Waals surface area contributed by atoms with Crippen LogP contribution in [0, 0.1) is 23.7 Å². The summed E-state index contributed by atoms with van der Waals surface area (Å²) in [5.74, 6) is 5.09. The molecular weight excluding hydrogens is 633 g/mol. The summed E-state index contributed by atoms with van der Waals surface area (Å²) in [6.45, 7) is 0. The number of aromatic nitrogens is 4. The van der Waals surface area contributed by atoms with Crippen LogP contribution in [0.3, 0.4) is 0 Å². The maximum atomic E-state index is 5.40. The maximum Gasteiger partial charge on any atom is 0.164 e. The highest BCUT2D eigenvalue weighted by molar-refractivity contribution is 5.91. The second kappa shape index (κ2) is 11.6. The second-order valence-corrected chi connectivity index (χ2v) is 15.5. The Bertz CT molecular complexity index is 2390. The predicted octanol–water partition coefficient (Wildman–Crippen LogP) is 11.3. The van der Waals surface area contributed by atoms with Gasteiger partial charge >= 0.3 is 0 Å². The molecule has 4 saturated carbocycles. The minimum atomic E-state index is -0.0257. The van der Waals surface area contributed by atoms with E-state index < -0.39 is 0 Å². The molecule has 5 aromatic carbocycles. The van der Waals surface area contributed by atoms with Crippen LogP contribution in [0.5, 0.6) is 0 Å². The fourth-order valence-corrected chi connectivity index (χ4v) is 10.9. The van der Waals surface area contributed by atoms with Gasteiger partial charge in [-0.2, -0.15) is 0 Å². The number of fused-ring (bicyclic) bond motifs is 3. The van der Waals surface area contributed by atoms with Crippen molar-refractivity contribution in [1.29, 1.82) is 0 Å². The van der Waals surface area contributed by atoms with Crippen molar-refractivity contribution in [2.75, 3.05) is 0 Å². The number of rotatable bonds is 5. The fourth-order valence-electron chi connectivity index (χ4n) is 10.9. The van der Waals surface area contributed by atoms with Gasteiger partial charge in [0.15, 0.2) is 17.5 Å². The van der Waals surface area contributed by atoms with Gasteiger partial charge in [0.05, 0.1) is 5.69 Å². The Kier molecular flexibility index (Phi) is 6.70. The molecule has 4 bridgehead atoms. The molecule has 4 heteroatoms. The first-order valence-corrected chi connectivity index (χ1v) is 18.9. The van der Waals surface area contributed by atoms with Gasteiger partial charge in [-0.05, 0) is 113 Å². The Morgan fingerprint density at radius 1 is 0.423 bits per heavy atom. The van der Waals surface area contributed by atoms with Gasteiger partial charge in [0, 0.05) is 33.9 Å². The molecule has 0 saturated heterocycles. The van der Waals surface area contributed by atoms with E-state index in [1.54, 1.807) is 0 Å².